The lowest BCUT2D eigenvalue weighted by molar-refractivity contribution is -0.139. The van der Waals surface area contributed by atoms with Crippen molar-refractivity contribution in [3.63, 3.8) is 0 Å². The number of ether oxygens (including phenoxy) is 1. The molecule has 0 radical (unpaired) electrons. The van der Waals surface area contributed by atoms with E-state index in [0.717, 1.165) is 31.4 Å². The Kier molecular flexibility index (Phi) is 6.40. The van der Waals surface area contributed by atoms with Crippen LogP contribution in [0, 0.1) is 0 Å². The second-order valence-corrected chi connectivity index (χ2v) is 5.95. The van der Waals surface area contributed by atoms with Crippen LogP contribution in [0.1, 0.15) is 31.2 Å². The highest BCUT2D eigenvalue weighted by atomic mass is 16.5. The number of carbonyl (C=O) groups is 2. The fourth-order valence-corrected chi connectivity index (χ4v) is 2.87. The van der Waals surface area contributed by atoms with Crippen molar-refractivity contribution in [2.45, 2.75) is 44.4 Å². The maximum Gasteiger partial charge on any atom is 0.408 e. The predicted molar refractivity (Wildman–Crippen MR) is 86.1 cm³/mol. The number of rotatable bonds is 7. The Bertz CT molecular complexity index is 521. The van der Waals surface area contributed by atoms with Gasteiger partial charge in [0.2, 0.25) is 0 Å². The summed E-state index contributed by atoms with van der Waals surface area (Å²) in [4.78, 5) is 25.3. The van der Waals surface area contributed by atoms with E-state index in [1.54, 1.807) is 0 Å². The number of likely N-dealkylation sites (tertiary alicyclic amines) is 1. The number of hydrogen-bond acceptors (Lipinski definition) is 4. The molecule has 1 aromatic carbocycles. The van der Waals surface area contributed by atoms with Gasteiger partial charge in [0.25, 0.3) is 0 Å². The van der Waals surface area contributed by atoms with Gasteiger partial charge >= 0.3 is 12.1 Å². The molecule has 1 fully saturated rings. The van der Waals surface area contributed by atoms with Crippen molar-refractivity contribution < 1.29 is 19.4 Å². The fourth-order valence-electron chi connectivity index (χ4n) is 2.87. The third-order valence-electron chi connectivity index (χ3n) is 4.26. The van der Waals surface area contributed by atoms with Gasteiger partial charge in [0.1, 0.15) is 12.6 Å². The van der Waals surface area contributed by atoms with Crippen molar-refractivity contribution in [2.24, 2.45) is 0 Å². The molecule has 126 valence electrons. The molecule has 6 nitrogen and oxygen atoms in total. The summed E-state index contributed by atoms with van der Waals surface area (Å²) in [6.07, 6.45) is 2.70. The normalized spacial score (nSPS) is 19.3. The molecule has 23 heavy (non-hydrogen) atoms. The molecule has 1 amide bonds. The number of nitrogens with zero attached hydrogens (tertiary/aromatic N) is 1. The van der Waals surface area contributed by atoms with E-state index in [-0.39, 0.29) is 6.61 Å². The molecule has 2 N–H and O–H groups in total. The molecule has 1 aliphatic rings. The van der Waals surface area contributed by atoms with Crippen LogP contribution in [0.3, 0.4) is 0 Å². The number of hydrogen-bond donors (Lipinski definition) is 2. The molecule has 0 bridgehead atoms. The number of benzene rings is 1. The van der Waals surface area contributed by atoms with Crippen LogP contribution in [-0.4, -0.2) is 47.7 Å². The molecule has 1 heterocycles. The van der Waals surface area contributed by atoms with Gasteiger partial charge in [0.05, 0.1) is 0 Å². The first-order chi connectivity index (χ1) is 11.1. The summed E-state index contributed by atoms with van der Waals surface area (Å²) in [5, 5.41) is 11.7. The van der Waals surface area contributed by atoms with Crippen LogP contribution < -0.4 is 5.32 Å². The summed E-state index contributed by atoms with van der Waals surface area (Å²) in [7, 11) is 2.05. The van der Waals surface area contributed by atoms with Gasteiger partial charge in [-0.15, -0.1) is 0 Å². The smallest absolute Gasteiger partial charge is 0.408 e. The zero-order valence-electron chi connectivity index (χ0n) is 13.4. The molecule has 2 atom stereocenters. The van der Waals surface area contributed by atoms with E-state index >= 15 is 0 Å². The van der Waals surface area contributed by atoms with Gasteiger partial charge in [-0.25, -0.2) is 9.59 Å². The fraction of sp³-hybridized carbons (Fsp3) is 0.529. The Labute approximate surface area is 136 Å². The van der Waals surface area contributed by atoms with Crippen LogP contribution in [-0.2, 0) is 16.1 Å². The SMILES string of the molecule is CN1CCCC1CCC(NC(=O)OCc1ccccc1)C(=O)O. The molecule has 1 saturated heterocycles. The van der Waals surface area contributed by atoms with Crippen LogP contribution in [0.25, 0.3) is 0 Å². The van der Waals surface area contributed by atoms with Crippen molar-refractivity contribution >= 4 is 12.1 Å². The van der Waals surface area contributed by atoms with E-state index in [1.165, 1.54) is 0 Å². The van der Waals surface area contributed by atoms with Gasteiger partial charge in [-0.2, -0.15) is 0 Å². The van der Waals surface area contributed by atoms with Gasteiger partial charge in [0, 0.05) is 6.04 Å². The molecule has 0 saturated carbocycles. The van der Waals surface area contributed by atoms with E-state index in [1.807, 2.05) is 30.3 Å². The van der Waals surface area contributed by atoms with Crippen molar-refractivity contribution in [3.8, 4) is 0 Å². The second-order valence-electron chi connectivity index (χ2n) is 5.95. The minimum absolute atomic E-state index is 0.129. The van der Waals surface area contributed by atoms with E-state index in [0.29, 0.717) is 12.5 Å². The minimum Gasteiger partial charge on any atom is -0.480 e. The summed E-state index contributed by atoms with van der Waals surface area (Å²) < 4.78 is 5.08. The van der Waals surface area contributed by atoms with Crippen LogP contribution in [0.5, 0.6) is 0 Å². The molecular weight excluding hydrogens is 296 g/mol. The molecule has 2 unspecified atom stereocenters. The molecule has 1 aromatic rings. The Balaban J connectivity index is 1.76. The number of carboxylic acid groups (broad SMARTS) is 1. The Morgan fingerprint density at radius 2 is 2.13 bits per heavy atom. The van der Waals surface area contributed by atoms with E-state index in [9.17, 15) is 14.7 Å². The Morgan fingerprint density at radius 1 is 1.39 bits per heavy atom. The Hall–Kier alpha value is -2.08. The molecule has 1 aliphatic heterocycles. The molecule has 0 aliphatic carbocycles. The lowest BCUT2D eigenvalue weighted by Gasteiger charge is -2.21. The number of amides is 1. The first kappa shape index (κ1) is 17.3. The van der Waals surface area contributed by atoms with Crippen LogP contribution in [0.4, 0.5) is 4.79 Å². The standard InChI is InChI=1S/C17H24N2O4/c1-19-11-5-8-14(19)9-10-15(16(20)21)18-17(22)23-12-13-6-3-2-4-7-13/h2-4,6-7,14-15H,5,8-12H2,1H3,(H,18,22)(H,20,21). The topological polar surface area (TPSA) is 78.9 Å². The first-order valence-electron chi connectivity index (χ1n) is 7.96. The monoisotopic (exact) mass is 320 g/mol. The van der Waals surface area contributed by atoms with E-state index < -0.39 is 18.1 Å². The maximum absolute atomic E-state index is 11.8. The molecule has 0 aromatic heterocycles. The van der Waals surface area contributed by atoms with Crippen LogP contribution in [0.15, 0.2) is 30.3 Å². The largest absolute Gasteiger partial charge is 0.480 e. The van der Waals surface area contributed by atoms with Gasteiger partial charge in [0.15, 0.2) is 0 Å². The van der Waals surface area contributed by atoms with Crippen molar-refractivity contribution in [1.82, 2.24) is 10.2 Å². The van der Waals surface area contributed by atoms with Crippen molar-refractivity contribution in [2.75, 3.05) is 13.6 Å². The minimum atomic E-state index is -1.03. The number of nitrogens with one attached hydrogen (secondary N) is 1. The number of alkyl carbamates (subject to hydrolysis) is 1. The lowest BCUT2D eigenvalue weighted by atomic mass is 10.0. The average molecular weight is 320 g/mol. The van der Waals surface area contributed by atoms with Gasteiger partial charge < -0.3 is 20.1 Å². The summed E-state index contributed by atoms with van der Waals surface area (Å²) in [6.45, 7) is 1.18. The maximum atomic E-state index is 11.8. The highest BCUT2D eigenvalue weighted by Gasteiger charge is 2.25. The highest BCUT2D eigenvalue weighted by molar-refractivity contribution is 5.79. The van der Waals surface area contributed by atoms with Crippen LogP contribution >= 0.6 is 0 Å². The highest BCUT2D eigenvalue weighted by Crippen LogP contribution is 2.20. The molecular formula is C17H24N2O4. The zero-order valence-corrected chi connectivity index (χ0v) is 13.4. The van der Waals surface area contributed by atoms with Gasteiger partial charge in [-0.05, 0) is 44.8 Å². The molecule has 2 rings (SSSR count). The predicted octanol–water partition coefficient (Wildman–Crippen LogP) is 2.24. The van der Waals surface area contributed by atoms with Gasteiger partial charge in [-0.3, -0.25) is 0 Å². The summed E-state index contributed by atoms with van der Waals surface area (Å²) in [5.41, 5.74) is 0.863. The van der Waals surface area contributed by atoms with Gasteiger partial charge in [-0.1, -0.05) is 30.3 Å². The summed E-state index contributed by atoms with van der Waals surface area (Å²) >= 11 is 0. The lowest BCUT2D eigenvalue weighted by Crippen LogP contribution is -2.42. The molecule has 0 spiro atoms. The third kappa shape index (κ3) is 5.56. The Morgan fingerprint density at radius 3 is 2.74 bits per heavy atom. The third-order valence-corrected chi connectivity index (χ3v) is 4.26. The summed E-state index contributed by atoms with van der Waals surface area (Å²) in [5.74, 6) is -1.03. The first-order valence-corrected chi connectivity index (χ1v) is 7.96. The van der Waals surface area contributed by atoms with E-state index in [2.05, 4.69) is 17.3 Å². The second kappa shape index (κ2) is 8.53. The number of aliphatic carboxylic acids is 1. The molecule has 6 heteroatoms. The number of carboxylic acids is 1. The number of carbonyl (C=O) groups excluding carboxylic acids is 1. The quantitative estimate of drug-likeness (QED) is 0.805. The van der Waals surface area contributed by atoms with Crippen LogP contribution in [0.2, 0.25) is 0 Å². The van der Waals surface area contributed by atoms with Crippen molar-refractivity contribution in [3.05, 3.63) is 35.9 Å². The van der Waals surface area contributed by atoms with Crippen molar-refractivity contribution in [1.29, 1.82) is 0 Å². The zero-order chi connectivity index (χ0) is 16.7. The summed E-state index contributed by atoms with van der Waals surface area (Å²) in [6, 6.07) is 8.77. The average Bonchev–Trinajstić information content (AvgIpc) is 2.95. The van der Waals surface area contributed by atoms with E-state index in [4.69, 9.17) is 4.74 Å².